The molecule has 0 spiro atoms. The number of benzene rings is 1. The Bertz CT molecular complexity index is 843. The minimum Gasteiger partial charge on any atom is -0.447 e. The van der Waals surface area contributed by atoms with Crippen LogP contribution in [-0.2, 0) is 17.8 Å². The summed E-state index contributed by atoms with van der Waals surface area (Å²) in [4.78, 5) is 21.5. The third-order valence-corrected chi connectivity index (χ3v) is 5.55. The summed E-state index contributed by atoms with van der Waals surface area (Å²) in [6, 6.07) is 6.57. The second-order valence-corrected chi connectivity index (χ2v) is 8.82. The van der Waals surface area contributed by atoms with Crippen LogP contribution < -0.4 is 5.32 Å². The number of rotatable bonds is 10. The van der Waals surface area contributed by atoms with E-state index in [0.29, 0.717) is 30.6 Å². The van der Waals surface area contributed by atoms with E-state index in [1.807, 2.05) is 0 Å². The molecular weight excluding hydrogens is 392 g/mol. The van der Waals surface area contributed by atoms with E-state index in [0.717, 1.165) is 45.9 Å². The highest BCUT2D eigenvalue weighted by molar-refractivity contribution is 5.91. The first-order valence-electron chi connectivity index (χ1n) is 11.2. The Kier molecular flexibility index (Phi) is 8.63. The topological polar surface area (TPSA) is 70.8 Å². The largest absolute Gasteiger partial charge is 0.447 e. The van der Waals surface area contributed by atoms with Gasteiger partial charge in [0, 0.05) is 39.3 Å². The van der Waals surface area contributed by atoms with Crippen LogP contribution in [0, 0.1) is 19.8 Å². The van der Waals surface area contributed by atoms with Crippen molar-refractivity contribution >= 4 is 5.91 Å². The summed E-state index contributed by atoms with van der Waals surface area (Å²) in [6.07, 6.45) is 1.46. The predicted octanol–water partition coefficient (Wildman–Crippen LogP) is 3.01. The average Bonchev–Trinajstić information content (AvgIpc) is 3.22. The molecule has 7 nitrogen and oxygen atoms in total. The number of hydrogen-bond acceptors (Lipinski definition) is 6. The fourth-order valence-electron chi connectivity index (χ4n) is 3.60. The van der Waals surface area contributed by atoms with Crippen molar-refractivity contribution in [2.24, 2.45) is 5.92 Å². The van der Waals surface area contributed by atoms with Gasteiger partial charge in [0.25, 0.3) is 5.91 Å². The number of carbonyl (C=O) groups excluding carboxylic acids is 1. The molecule has 1 fully saturated rings. The lowest BCUT2D eigenvalue weighted by atomic mass is 10.1. The predicted molar refractivity (Wildman–Crippen MR) is 121 cm³/mol. The van der Waals surface area contributed by atoms with Crippen LogP contribution in [0.1, 0.15) is 46.9 Å². The van der Waals surface area contributed by atoms with Crippen molar-refractivity contribution in [2.75, 3.05) is 45.9 Å². The van der Waals surface area contributed by atoms with E-state index in [9.17, 15) is 4.79 Å². The molecule has 2 heterocycles. The summed E-state index contributed by atoms with van der Waals surface area (Å²) in [5.74, 6) is 0.781. The molecule has 3 rings (SSSR count). The zero-order valence-electron chi connectivity index (χ0n) is 19.3. The van der Waals surface area contributed by atoms with E-state index >= 15 is 0 Å². The number of aromatic nitrogens is 1. The number of oxazole rings is 1. The molecule has 0 saturated carbocycles. The van der Waals surface area contributed by atoms with Crippen LogP contribution >= 0.6 is 0 Å². The highest BCUT2D eigenvalue weighted by Gasteiger charge is 2.18. The molecule has 1 aromatic carbocycles. The number of nitrogens with one attached hydrogen (secondary N) is 1. The smallest absolute Gasteiger partial charge is 0.273 e. The first-order chi connectivity index (χ1) is 14.9. The van der Waals surface area contributed by atoms with E-state index in [4.69, 9.17) is 9.15 Å². The molecule has 0 aliphatic carbocycles. The van der Waals surface area contributed by atoms with Crippen LogP contribution in [0.15, 0.2) is 28.9 Å². The molecule has 1 saturated heterocycles. The van der Waals surface area contributed by atoms with Gasteiger partial charge in [0.15, 0.2) is 5.69 Å². The summed E-state index contributed by atoms with van der Waals surface area (Å²) < 4.78 is 11.1. The fraction of sp³-hybridized carbons (Fsp3) is 0.583. The van der Waals surface area contributed by atoms with Gasteiger partial charge in [-0.15, -0.1) is 0 Å². The third kappa shape index (κ3) is 7.45. The Balaban J connectivity index is 1.66. The van der Waals surface area contributed by atoms with E-state index in [-0.39, 0.29) is 5.91 Å². The second-order valence-electron chi connectivity index (χ2n) is 8.82. The highest BCUT2D eigenvalue weighted by atomic mass is 16.5. The normalized spacial score (nSPS) is 15.0. The first kappa shape index (κ1) is 23.4. The maximum atomic E-state index is 12.3. The van der Waals surface area contributed by atoms with Gasteiger partial charge in [-0.05, 0) is 30.9 Å². The van der Waals surface area contributed by atoms with Gasteiger partial charge in [-0.1, -0.05) is 37.6 Å². The number of aryl methyl sites for hydroxylation is 2. The molecule has 0 atom stereocenters. The standard InChI is InChI=1S/C24H36N4O3/c1-18(2)14-25-24(29)22-17-31-23(26-22)16-28(8-7-27-9-11-30-12-10-27)15-21-13-19(3)5-6-20(21)4/h5-6,13,17-18H,7-12,14-16H2,1-4H3,(H,25,29). The average molecular weight is 429 g/mol. The maximum absolute atomic E-state index is 12.3. The van der Waals surface area contributed by atoms with Crippen LogP contribution in [0.25, 0.3) is 0 Å². The Morgan fingerprint density at radius 2 is 2.00 bits per heavy atom. The Labute approximate surface area is 185 Å². The Morgan fingerprint density at radius 1 is 1.23 bits per heavy atom. The van der Waals surface area contributed by atoms with Crippen molar-refractivity contribution in [3.05, 3.63) is 52.7 Å². The van der Waals surface area contributed by atoms with Gasteiger partial charge in [0.2, 0.25) is 5.89 Å². The van der Waals surface area contributed by atoms with Crippen molar-refractivity contribution in [3.8, 4) is 0 Å². The lowest BCUT2D eigenvalue weighted by molar-refractivity contribution is 0.0320. The maximum Gasteiger partial charge on any atom is 0.273 e. The Hall–Kier alpha value is -2.22. The number of morpholine rings is 1. The van der Waals surface area contributed by atoms with Crippen LogP contribution in [-0.4, -0.2) is 66.6 Å². The molecule has 1 N–H and O–H groups in total. The van der Waals surface area contributed by atoms with E-state index in [1.165, 1.54) is 23.0 Å². The number of hydrogen-bond donors (Lipinski definition) is 1. The molecule has 7 heteroatoms. The summed E-state index contributed by atoms with van der Waals surface area (Å²) in [7, 11) is 0. The molecule has 1 amide bonds. The lowest BCUT2D eigenvalue weighted by Gasteiger charge is -2.30. The molecular formula is C24H36N4O3. The van der Waals surface area contributed by atoms with E-state index < -0.39 is 0 Å². The number of amides is 1. The molecule has 0 bridgehead atoms. The molecule has 0 unspecified atom stereocenters. The molecule has 2 aromatic rings. The summed E-state index contributed by atoms with van der Waals surface area (Å²) >= 11 is 0. The zero-order valence-corrected chi connectivity index (χ0v) is 19.3. The monoisotopic (exact) mass is 428 g/mol. The van der Waals surface area contributed by atoms with Gasteiger partial charge in [-0.2, -0.15) is 0 Å². The number of carbonyl (C=O) groups is 1. The van der Waals surface area contributed by atoms with Crippen LogP contribution in [0.2, 0.25) is 0 Å². The van der Waals surface area contributed by atoms with Gasteiger partial charge in [0.1, 0.15) is 6.26 Å². The van der Waals surface area contributed by atoms with Crippen molar-refractivity contribution in [2.45, 2.75) is 40.8 Å². The number of ether oxygens (including phenoxy) is 1. The van der Waals surface area contributed by atoms with Crippen molar-refractivity contribution in [1.29, 1.82) is 0 Å². The van der Waals surface area contributed by atoms with Gasteiger partial charge < -0.3 is 14.5 Å². The van der Waals surface area contributed by atoms with Gasteiger partial charge in [0.05, 0.1) is 19.8 Å². The molecule has 1 aromatic heterocycles. The molecule has 1 aliphatic heterocycles. The SMILES string of the molecule is Cc1ccc(C)c(CN(CCN2CCOCC2)Cc2nc(C(=O)NCC(C)C)co2)c1. The van der Waals surface area contributed by atoms with E-state index in [2.05, 4.69) is 66.0 Å². The highest BCUT2D eigenvalue weighted by Crippen LogP contribution is 2.16. The fourth-order valence-corrected chi connectivity index (χ4v) is 3.60. The van der Waals surface area contributed by atoms with Crippen LogP contribution in [0.4, 0.5) is 0 Å². The summed E-state index contributed by atoms with van der Waals surface area (Å²) in [5, 5.41) is 2.89. The zero-order chi connectivity index (χ0) is 22.2. The minimum absolute atomic E-state index is 0.182. The number of nitrogens with zero attached hydrogens (tertiary/aromatic N) is 3. The molecule has 170 valence electrons. The van der Waals surface area contributed by atoms with Gasteiger partial charge >= 0.3 is 0 Å². The first-order valence-corrected chi connectivity index (χ1v) is 11.2. The summed E-state index contributed by atoms with van der Waals surface area (Å²) in [5.41, 5.74) is 4.19. The molecule has 1 aliphatic rings. The van der Waals surface area contributed by atoms with Gasteiger partial charge in [-0.3, -0.25) is 14.6 Å². The third-order valence-electron chi connectivity index (χ3n) is 5.55. The minimum atomic E-state index is -0.182. The second kappa shape index (κ2) is 11.4. The lowest BCUT2D eigenvalue weighted by Crippen LogP contribution is -2.41. The quantitative estimate of drug-likeness (QED) is 0.627. The molecule has 0 radical (unpaired) electrons. The molecule has 31 heavy (non-hydrogen) atoms. The van der Waals surface area contributed by atoms with Crippen LogP contribution in [0.3, 0.4) is 0 Å². The summed E-state index contributed by atoms with van der Waals surface area (Å²) in [6.45, 7) is 15.8. The van der Waals surface area contributed by atoms with Gasteiger partial charge in [-0.25, -0.2) is 4.98 Å². The van der Waals surface area contributed by atoms with Crippen molar-refractivity contribution in [1.82, 2.24) is 20.1 Å². The Morgan fingerprint density at radius 3 is 2.74 bits per heavy atom. The van der Waals surface area contributed by atoms with Crippen molar-refractivity contribution < 1.29 is 13.9 Å². The van der Waals surface area contributed by atoms with Crippen molar-refractivity contribution in [3.63, 3.8) is 0 Å². The van der Waals surface area contributed by atoms with Crippen LogP contribution in [0.5, 0.6) is 0 Å². The van der Waals surface area contributed by atoms with E-state index in [1.54, 1.807) is 0 Å².